The average molecular weight is 371 g/mol. The smallest absolute Gasteiger partial charge is 0.273 e. The van der Waals surface area contributed by atoms with Crippen molar-refractivity contribution in [3.63, 3.8) is 0 Å². The Balaban J connectivity index is 0. The van der Waals surface area contributed by atoms with Gasteiger partial charge in [0.1, 0.15) is 5.69 Å². The first-order valence-electron chi connectivity index (χ1n) is 6.55. The second kappa shape index (κ2) is 10.8. The largest absolute Gasteiger partial charge is 0.340 e. The van der Waals surface area contributed by atoms with Crippen molar-refractivity contribution < 1.29 is 9.59 Å². The van der Waals surface area contributed by atoms with Crippen LogP contribution in [0.15, 0.2) is 5.38 Å². The van der Waals surface area contributed by atoms with Gasteiger partial charge in [0.05, 0.1) is 0 Å². The third-order valence-corrected chi connectivity index (χ3v) is 3.76. The van der Waals surface area contributed by atoms with Gasteiger partial charge < -0.3 is 16.0 Å². The highest BCUT2D eigenvalue weighted by Crippen LogP contribution is 2.16. The van der Waals surface area contributed by atoms with Gasteiger partial charge >= 0.3 is 0 Å². The van der Waals surface area contributed by atoms with E-state index >= 15 is 0 Å². The van der Waals surface area contributed by atoms with E-state index in [1.165, 1.54) is 18.3 Å². The van der Waals surface area contributed by atoms with Crippen molar-refractivity contribution in [3.05, 3.63) is 11.1 Å². The molecule has 6 nitrogen and oxygen atoms in total. The number of aromatic nitrogens is 1. The van der Waals surface area contributed by atoms with Crippen molar-refractivity contribution in [2.24, 2.45) is 11.7 Å². The second-order valence-corrected chi connectivity index (χ2v) is 6.00. The molecule has 0 spiro atoms. The van der Waals surface area contributed by atoms with E-state index in [1.807, 2.05) is 0 Å². The van der Waals surface area contributed by atoms with Crippen LogP contribution in [-0.4, -0.2) is 41.3 Å². The van der Waals surface area contributed by atoms with Gasteiger partial charge in [-0.15, -0.1) is 36.2 Å². The number of hydrogen-bond donors (Lipinski definition) is 2. The summed E-state index contributed by atoms with van der Waals surface area (Å²) in [5, 5.41) is 4.65. The molecule has 2 amide bonds. The fourth-order valence-corrected chi connectivity index (χ4v) is 2.28. The van der Waals surface area contributed by atoms with Gasteiger partial charge in [0, 0.05) is 31.9 Å². The van der Waals surface area contributed by atoms with Gasteiger partial charge in [-0.1, -0.05) is 13.8 Å². The van der Waals surface area contributed by atoms with E-state index < -0.39 is 0 Å². The number of nitrogens with zero attached hydrogens (tertiary/aromatic N) is 2. The molecule has 22 heavy (non-hydrogen) atoms. The standard InChI is InChI=1S/C13H22N4O2S.2ClH/c1-8(2)10(14)5-6-17(4)12(19)11-7-20-13(16-11)15-9(3)18;;/h7-8,10H,5-6,14H2,1-4H3,(H,15,16,18);2*1H. The van der Waals surface area contributed by atoms with Crippen LogP contribution in [0.5, 0.6) is 0 Å². The number of rotatable bonds is 6. The zero-order valence-corrected chi connectivity index (χ0v) is 15.6. The number of halogens is 2. The molecule has 0 radical (unpaired) electrons. The van der Waals surface area contributed by atoms with Crippen LogP contribution in [-0.2, 0) is 4.79 Å². The predicted octanol–water partition coefficient (Wildman–Crippen LogP) is 2.39. The van der Waals surface area contributed by atoms with E-state index in [4.69, 9.17) is 5.73 Å². The Labute approximate surface area is 147 Å². The molecule has 0 bridgehead atoms. The quantitative estimate of drug-likeness (QED) is 0.804. The summed E-state index contributed by atoms with van der Waals surface area (Å²) >= 11 is 1.24. The first kappa shape index (κ1) is 23.4. The first-order valence-corrected chi connectivity index (χ1v) is 7.43. The molecular formula is C13H24Cl2N4O2S. The van der Waals surface area contributed by atoms with E-state index in [2.05, 4.69) is 24.1 Å². The summed E-state index contributed by atoms with van der Waals surface area (Å²) in [6, 6.07) is 0.0793. The number of nitrogens with one attached hydrogen (secondary N) is 1. The van der Waals surface area contributed by atoms with Crippen LogP contribution in [0.3, 0.4) is 0 Å². The maximum atomic E-state index is 12.1. The second-order valence-electron chi connectivity index (χ2n) is 5.14. The Morgan fingerprint density at radius 1 is 1.41 bits per heavy atom. The molecule has 0 aliphatic heterocycles. The number of hydrogen-bond acceptors (Lipinski definition) is 5. The molecule has 0 saturated carbocycles. The summed E-state index contributed by atoms with van der Waals surface area (Å²) in [4.78, 5) is 28.8. The average Bonchev–Trinajstić information content (AvgIpc) is 2.81. The van der Waals surface area contributed by atoms with E-state index in [9.17, 15) is 9.59 Å². The van der Waals surface area contributed by atoms with Gasteiger partial charge in [0.25, 0.3) is 5.91 Å². The monoisotopic (exact) mass is 370 g/mol. The van der Waals surface area contributed by atoms with Crippen molar-refractivity contribution in [1.29, 1.82) is 0 Å². The lowest BCUT2D eigenvalue weighted by Gasteiger charge is -2.20. The third-order valence-electron chi connectivity index (χ3n) is 3.01. The fourth-order valence-electron chi connectivity index (χ4n) is 1.55. The number of anilines is 1. The van der Waals surface area contributed by atoms with Crippen molar-refractivity contribution in [1.82, 2.24) is 9.88 Å². The van der Waals surface area contributed by atoms with Gasteiger partial charge in [0.2, 0.25) is 5.91 Å². The van der Waals surface area contributed by atoms with Crippen molar-refractivity contribution in [2.75, 3.05) is 18.9 Å². The topological polar surface area (TPSA) is 88.3 Å². The highest BCUT2D eigenvalue weighted by molar-refractivity contribution is 7.14. The molecule has 1 rings (SSSR count). The molecule has 0 aliphatic rings. The van der Waals surface area contributed by atoms with Crippen molar-refractivity contribution in [3.8, 4) is 0 Å². The summed E-state index contributed by atoms with van der Waals surface area (Å²) in [7, 11) is 1.73. The predicted molar refractivity (Wildman–Crippen MR) is 95.3 cm³/mol. The summed E-state index contributed by atoms with van der Waals surface area (Å²) in [6.07, 6.45) is 0.753. The van der Waals surface area contributed by atoms with E-state index in [-0.39, 0.29) is 42.7 Å². The molecule has 9 heteroatoms. The van der Waals surface area contributed by atoms with Gasteiger partial charge in [-0.25, -0.2) is 4.98 Å². The van der Waals surface area contributed by atoms with E-state index in [1.54, 1.807) is 17.3 Å². The lowest BCUT2D eigenvalue weighted by molar-refractivity contribution is -0.114. The SMILES string of the molecule is CC(=O)Nc1nc(C(=O)N(C)CCC(N)C(C)C)cs1.Cl.Cl. The minimum atomic E-state index is -0.199. The van der Waals surface area contributed by atoms with E-state index in [0.29, 0.717) is 23.3 Å². The molecule has 0 aromatic carbocycles. The Morgan fingerprint density at radius 3 is 2.50 bits per heavy atom. The van der Waals surface area contributed by atoms with Crippen LogP contribution in [0.2, 0.25) is 0 Å². The summed E-state index contributed by atoms with van der Waals surface area (Å²) in [5.41, 5.74) is 6.31. The molecule has 1 unspecified atom stereocenters. The molecule has 3 N–H and O–H groups in total. The fraction of sp³-hybridized carbons (Fsp3) is 0.615. The highest BCUT2D eigenvalue weighted by Gasteiger charge is 2.17. The normalized spacial score (nSPS) is 11.2. The van der Waals surface area contributed by atoms with Crippen molar-refractivity contribution >= 4 is 53.1 Å². The minimum Gasteiger partial charge on any atom is -0.340 e. The van der Waals surface area contributed by atoms with Gasteiger partial charge in [0.15, 0.2) is 5.13 Å². The zero-order valence-electron chi connectivity index (χ0n) is 13.2. The molecule has 1 aromatic rings. The highest BCUT2D eigenvalue weighted by atomic mass is 35.5. The van der Waals surface area contributed by atoms with Gasteiger partial charge in [-0.05, 0) is 12.3 Å². The summed E-state index contributed by atoms with van der Waals surface area (Å²) < 4.78 is 0. The Bertz CT molecular complexity index is 482. The molecule has 1 aromatic heterocycles. The Kier molecular flexibility index (Phi) is 11.4. The maximum Gasteiger partial charge on any atom is 0.273 e. The number of carbonyl (C=O) groups excluding carboxylic acids is 2. The van der Waals surface area contributed by atoms with Crippen LogP contribution in [0.25, 0.3) is 0 Å². The summed E-state index contributed by atoms with van der Waals surface area (Å²) in [5.74, 6) is 0.0348. The molecule has 0 fully saturated rings. The maximum absolute atomic E-state index is 12.1. The lowest BCUT2D eigenvalue weighted by Crippen LogP contribution is -2.34. The van der Waals surface area contributed by atoms with Crippen LogP contribution in [0, 0.1) is 5.92 Å². The number of carbonyl (C=O) groups is 2. The summed E-state index contributed by atoms with van der Waals surface area (Å²) in [6.45, 7) is 6.12. The van der Waals surface area contributed by atoms with Gasteiger partial charge in [-0.2, -0.15) is 0 Å². The van der Waals surface area contributed by atoms with Crippen LogP contribution >= 0.6 is 36.2 Å². The molecular weight excluding hydrogens is 347 g/mol. The number of thiazole rings is 1. The van der Waals surface area contributed by atoms with Crippen LogP contribution in [0.4, 0.5) is 5.13 Å². The molecule has 0 saturated heterocycles. The van der Waals surface area contributed by atoms with E-state index in [0.717, 1.165) is 6.42 Å². The zero-order chi connectivity index (χ0) is 15.3. The van der Waals surface area contributed by atoms with Crippen molar-refractivity contribution in [2.45, 2.75) is 33.2 Å². The molecule has 0 aliphatic carbocycles. The Morgan fingerprint density at radius 2 is 2.00 bits per heavy atom. The van der Waals surface area contributed by atoms with Gasteiger partial charge in [-0.3, -0.25) is 9.59 Å². The molecule has 1 heterocycles. The van der Waals surface area contributed by atoms with Crippen LogP contribution in [0.1, 0.15) is 37.7 Å². The third kappa shape index (κ3) is 7.40. The number of nitrogens with two attached hydrogens (primary N) is 1. The first-order chi connectivity index (χ1) is 9.31. The number of amides is 2. The molecule has 1 atom stereocenters. The molecule has 128 valence electrons. The van der Waals surface area contributed by atoms with Crippen LogP contribution < -0.4 is 11.1 Å². The minimum absolute atomic E-state index is 0. The lowest BCUT2D eigenvalue weighted by atomic mass is 10.0. The Hall–Kier alpha value is -0.890.